The van der Waals surface area contributed by atoms with Crippen LogP contribution >= 0.6 is 11.8 Å². The molecule has 4 aliphatic heterocycles. The Labute approximate surface area is 249 Å². The van der Waals surface area contributed by atoms with Crippen LogP contribution in [-0.2, 0) is 14.4 Å². The second-order valence-electron chi connectivity index (χ2n) is 13.8. The van der Waals surface area contributed by atoms with Crippen molar-refractivity contribution >= 4 is 29.5 Å². The Morgan fingerprint density at radius 3 is 2.34 bits per heavy atom. The summed E-state index contributed by atoms with van der Waals surface area (Å²) in [5, 5.41) is 10.6. The van der Waals surface area contributed by atoms with Gasteiger partial charge in [-0.2, -0.15) is 0 Å². The average molecular weight is 580 g/mol. The molecular formula is C33H45N3O4S. The van der Waals surface area contributed by atoms with Gasteiger partial charge in [-0.15, -0.1) is 11.8 Å². The zero-order valence-electron chi connectivity index (χ0n) is 25.2. The SMILES string of the molecule is CCCN1CC=C[C@@H]2S[C@]34C=CCN(C(C)(C)CC(C)(C)C)C(=O)C3N([C@H](CO)c3ccccc3)C(=O)[C@@H]4[C@@H]2C1=O. The molecule has 222 valence electrons. The summed E-state index contributed by atoms with van der Waals surface area (Å²) in [6, 6.07) is 7.92. The minimum Gasteiger partial charge on any atom is -0.394 e. The Morgan fingerprint density at radius 2 is 1.71 bits per heavy atom. The van der Waals surface area contributed by atoms with Crippen LogP contribution in [0.1, 0.15) is 66.0 Å². The lowest BCUT2D eigenvalue weighted by Crippen LogP contribution is -2.59. The largest absolute Gasteiger partial charge is 0.394 e. The maximum Gasteiger partial charge on any atom is 0.247 e. The summed E-state index contributed by atoms with van der Waals surface area (Å²) < 4.78 is -0.909. The van der Waals surface area contributed by atoms with E-state index in [-0.39, 0.29) is 35.0 Å². The van der Waals surface area contributed by atoms with Gasteiger partial charge in [0, 0.05) is 30.4 Å². The van der Waals surface area contributed by atoms with E-state index in [0.717, 1.165) is 18.4 Å². The van der Waals surface area contributed by atoms with Crippen LogP contribution in [0.3, 0.4) is 0 Å². The third-order valence-corrected chi connectivity index (χ3v) is 10.8. The number of hydrogen-bond donors (Lipinski definition) is 1. The molecule has 5 rings (SSSR count). The van der Waals surface area contributed by atoms with Crippen molar-refractivity contribution in [2.45, 2.75) is 82.0 Å². The minimum atomic E-state index is -0.909. The van der Waals surface area contributed by atoms with Gasteiger partial charge in [-0.25, -0.2) is 0 Å². The fourth-order valence-electron chi connectivity index (χ4n) is 7.90. The third kappa shape index (κ3) is 5.05. The first kappa shape index (κ1) is 29.9. The number of likely N-dealkylation sites (tertiary alicyclic amines) is 1. The summed E-state index contributed by atoms with van der Waals surface area (Å²) in [5.74, 6) is -1.60. The third-order valence-electron chi connectivity index (χ3n) is 9.06. The Bertz CT molecular complexity index is 1240. The fraction of sp³-hybridized carbons (Fsp3) is 0.606. The number of nitrogens with zero attached hydrogens (tertiary/aromatic N) is 3. The van der Waals surface area contributed by atoms with Crippen LogP contribution in [0.25, 0.3) is 0 Å². The molecule has 0 radical (unpaired) electrons. The van der Waals surface area contributed by atoms with E-state index in [2.05, 4.69) is 53.7 Å². The molecule has 1 spiro atoms. The normalized spacial score (nSPS) is 30.7. The van der Waals surface area contributed by atoms with Gasteiger partial charge in [0.1, 0.15) is 6.04 Å². The van der Waals surface area contributed by atoms with Crippen LogP contribution in [0.15, 0.2) is 54.6 Å². The van der Waals surface area contributed by atoms with E-state index in [0.29, 0.717) is 19.6 Å². The number of carbonyl (C=O) groups excluding carboxylic acids is 3. The molecule has 0 saturated carbocycles. The molecule has 7 nitrogen and oxygen atoms in total. The van der Waals surface area contributed by atoms with Gasteiger partial charge in [0.15, 0.2) is 0 Å². The standard InChI is InChI=1S/C33H45N3O4S/c1-7-17-34-18-11-15-24-25(28(34)38)26-29(39)36(23(20-37)22-13-9-8-10-14-22)27-30(40)35(19-12-16-33(26,27)41-24)32(5,6)21-31(2,3)4/h8-16,23-27,37H,7,17-21H2,1-6H3/t23-,24+,25-,26+,27?,33+/m1/s1. The van der Waals surface area contributed by atoms with Gasteiger partial charge in [0.05, 0.1) is 29.2 Å². The van der Waals surface area contributed by atoms with Crippen LogP contribution in [0.5, 0.6) is 0 Å². The number of aliphatic hydroxyl groups excluding tert-OH is 1. The quantitative estimate of drug-likeness (QED) is 0.483. The molecule has 1 N–H and O–H groups in total. The van der Waals surface area contributed by atoms with Crippen molar-refractivity contribution in [2.75, 3.05) is 26.2 Å². The number of fused-ring (bicyclic) bond motifs is 2. The predicted octanol–water partition coefficient (Wildman–Crippen LogP) is 4.44. The highest BCUT2D eigenvalue weighted by atomic mass is 32.2. The summed E-state index contributed by atoms with van der Waals surface area (Å²) >= 11 is 1.59. The first-order valence-electron chi connectivity index (χ1n) is 15.0. The van der Waals surface area contributed by atoms with Gasteiger partial charge < -0.3 is 19.8 Å². The molecule has 1 aromatic carbocycles. The molecule has 2 saturated heterocycles. The van der Waals surface area contributed by atoms with Crippen molar-refractivity contribution in [3.05, 3.63) is 60.2 Å². The van der Waals surface area contributed by atoms with Crippen molar-refractivity contribution in [2.24, 2.45) is 17.3 Å². The van der Waals surface area contributed by atoms with E-state index in [4.69, 9.17) is 0 Å². The van der Waals surface area contributed by atoms with E-state index >= 15 is 0 Å². The van der Waals surface area contributed by atoms with Crippen LogP contribution in [-0.4, -0.2) is 85.3 Å². The first-order chi connectivity index (χ1) is 19.4. The lowest BCUT2D eigenvalue weighted by Gasteiger charge is -2.45. The van der Waals surface area contributed by atoms with E-state index < -0.39 is 34.2 Å². The van der Waals surface area contributed by atoms with Gasteiger partial charge in [-0.3, -0.25) is 14.4 Å². The molecule has 6 atom stereocenters. The van der Waals surface area contributed by atoms with Crippen LogP contribution < -0.4 is 0 Å². The van der Waals surface area contributed by atoms with E-state index in [1.807, 2.05) is 52.3 Å². The molecule has 1 aromatic rings. The summed E-state index contributed by atoms with van der Waals surface area (Å²) in [7, 11) is 0. The van der Waals surface area contributed by atoms with Crippen LogP contribution in [0.2, 0.25) is 0 Å². The summed E-state index contributed by atoms with van der Waals surface area (Å²) in [5.41, 5.74) is 0.292. The van der Waals surface area contributed by atoms with Crippen molar-refractivity contribution in [1.29, 1.82) is 0 Å². The molecule has 0 aromatic heterocycles. The second-order valence-corrected chi connectivity index (χ2v) is 15.3. The Hall–Kier alpha value is -2.58. The summed E-state index contributed by atoms with van der Waals surface area (Å²) in [6.45, 7) is 14.1. The van der Waals surface area contributed by atoms with E-state index in [9.17, 15) is 19.5 Å². The number of benzene rings is 1. The highest BCUT2D eigenvalue weighted by molar-refractivity contribution is 8.02. The van der Waals surface area contributed by atoms with Gasteiger partial charge in [0.25, 0.3) is 0 Å². The summed E-state index contributed by atoms with van der Waals surface area (Å²) in [4.78, 5) is 49.2. The summed E-state index contributed by atoms with van der Waals surface area (Å²) in [6.07, 6.45) is 9.84. The van der Waals surface area contributed by atoms with Crippen LogP contribution in [0, 0.1) is 17.3 Å². The van der Waals surface area contributed by atoms with Crippen molar-refractivity contribution in [1.82, 2.24) is 14.7 Å². The monoisotopic (exact) mass is 579 g/mol. The number of rotatable bonds is 7. The van der Waals surface area contributed by atoms with Crippen molar-refractivity contribution in [3.63, 3.8) is 0 Å². The molecule has 4 heterocycles. The first-order valence-corrected chi connectivity index (χ1v) is 15.8. The maximum absolute atomic E-state index is 14.9. The lowest BCUT2D eigenvalue weighted by atomic mass is 9.77. The van der Waals surface area contributed by atoms with Gasteiger partial charge >= 0.3 is 0 Å². The molecular weight excluding hydrogens is 534 g/mol. The highest BCUT2D eigenvalue weighted by Crippen LogP contribution is 2.62. The van der Waals surface area contributed by atoms with Crippen molar-refractivity contribution in [3.8, 4) is 0 Å². The molecule has 4 aliphatic rings. The van der Waals surface area contributed by atoms with Gasteiger partial charge in [-0.1, -0.05) is 82.3 Å². The molecule has 41 heavy (non-hydrogen) atoms. The smallest absolute Gasteiger partial charge is 0.247 e. The zero-order valence-corrected chi connectivity index (χ0v) is 26.1. The van der Waals surface area contributed by atoms with Gasteiger partial charge in [0.2, 0.25) is 17.7 Å². The second kappa shape index (κ2) is 10.9. The fourth-order valence-corrected chi connectivity index (χ4v) is 9.90. The number of carbonyl (C=O) groups is 3. The number of amides is 3. The van der Waals surface area contributed by atoms with E-state index in [1.54, 1.807) is 16.7 Å². The number of aliphatic hydroxyl groups is 1. The van der Waals surface area contributed by atoms with Gasteiger partial charge in [-0.05, 0) is 37.7 Å². The molecule has 0 aliphatic carbocycles. The van der Waals surface area contributed by atoms with E-state index in [1.165, 1.54) is 0 Å². The zero-order chi connectivity index (χ0) is 29.7. The minimum absolute atomic E-state index is 0.0135. The Balaban J connectivity index is 1.66. The van der Waals surface area contributed by atoms with Crippen molar-refractivity contribution < 1.29 is 19.5 Å². The molecule has 1 unspecified atom stereocenters. The maximum atomic E-state index is 14.9. The Morgan fingerprint density at radius 1 is 1.00 bits per heavy atom. The average Bonchev–Trinajstić information content (AvgIpc) is 3.21. The molecule has 3 amide bonds. The topological polar surface area (TPSA) is 81.2 Å². The number of thioether (sulfide) groups is 1. The number of hydrogen-bond acceptors (Lipinski definition) is 5. The molecule has 8 heteroatoms. The lowest BCUT2D eigenvalue weighted by molar-refractivity contribution is -0.149. The predicted molar refractivity (Wildman–Crippen MR) is 163 cm³/mol. The highest BCUT2D eigenvalue weighted by Gasteiger charge is 2.72. The van der Waals surface area contributed by atoms with Crippen LogP contribution in [0.4, 0.5) is 0 Å². The molecule has 0 bridgehead atoms. The Kier molecular flexibility index (Phi) is 7.96. The molecule has 2 fully saturated rings.